The van der Waals surface area contributed by atoms with Crippen LogP contribution in [0.2, 0.25) is 0 Å². The summed E-state index contributed by atoms with van der Waals surface area (Å²) in [7, 11) is 0. The Morgan fingerprint density at radius 3 is 1.84 bits per heavy atom. The molecule has 0 saturated carbocycles. The molecule has 3 heteroatoms. The van der Waals surface area contributed by atoms with Crippen LogP contribution in [-0.2, 0) is 0 Å². The lowest BCUT2D eigenvalue weighted by Crippen LogP contribution is -1.96. The molecule has 3 nitrogen and oxygen atoms in total. The molecule has 0 N–H and O–H groups in total. The molecule has 210 valence electrons. The molecule has 0 aliphatic carbocycles. The van der Waals surface area contributed by atoms with Crippen molar-refractivity contribution >= 4 is 65.6 Å². The lowest BCUT2D eigenvalue weighted by atomic mass is 9.97. The van der Waals surface area contributed by atoms with Gasteiger partial charge in [0.25, 0.3) is 0 Å². The number of para-hydroxylation sites is 5. The van der Waals surface area contributed by atoms with Crippen LogP contribution in [0.5, 0.6) is 0 Å². The molecule has 10 rings (SSSR count). The van der Waals surface area contributed by atoms with Crippen LogP contribution < -0.4 is 0 Å². The highest BCUT2D eigenvalue weighted by molar-refractivity contribution is 6.20. The number of fused-ring (bicyclic) bond motifs is 9. The minimum Gasteiger partial charge on any atom is -0.456 e. The molecule has 0 aliphatic rings. The fourth-order valence-corrected chi connectivity index (χ4v) is 7.46. The molecule has 10 aromatic rings. The molecule has 0 fully saturated rings. The fourth-order valence-electron chi connectivity index (χ4n) is 7.46. The second-order valence-corrected chi connectivity index (χ2v) is 11.7. The van der Waals surface area contributed by atoms with E-state index in [2.05, 4.69) is 155 Å². The largest absolute Gasteiger partial charge is 0.456 e. The number of benzene rings is 7. The van der Waals surface area contributed by atoms with Crippen molar-refractivity contribution in [3.05, 3.63) is 158 Å². The molecule has 0 aliphatic heterocycles. The van der Waals surface area contributed by atoms with Gasteiger partial charge in [0.15, 0.2) is 0 Å². The monoisotopic (exact) mass is 574 g/mol. The standard InChI is InChI=1S/C42H26N2O/c1-2-12-27(13-3-1)43-37-21-8-5-16-35(37)41-32(17-11-22-38(41)43)34-19-10-18-33-29-14-4-7-20-36(29)44(42(33)34)28-24-25-31-30-15-6-9-23-39(30)45-40(31)26-28/h1-26H. The Balaban J connectivity index is 1.33. The van der Waals surface area contributed by atoms with Gasteiger partial charge in [-0.15, -0.1) is 0 Å². The second-order valence-electron chi connectivity index (χ2n) is 11.7. The number of hydrogen-bond acceptors (Lipinski definition) is 1. The van der Waals surface area contributed by atoms with Gasteiger partial charge in [0, 0.05) is 55.3 Å². The third-order valence-electron chi connectivity index (χ3n) is 9.32. The Morgan fingerprint density at radius 2 is 0.978 bits per heavy atom. The van der Waals surface area contributed by atoms with Gasteiger partial charge in [0.2, 0.25) is 0 Å². The van der Waals surface area contributed by atoms with Gasteiger partial charge in [0.05, 0.1) is 22.1 Å². The minimum atomic E-state index is 0.894. The number of nitrogens with zero attached hydrogens (tertiary/aromatic N) is 2. The Morgan fingerprint density at radius 1 is 0.356 bits per heavy atom. The van der Waals surface area contributed by atoms with Crippen LogP contribution in [0, 0.1) is 0 Å². The van der Waals surface area contributed by atoms with Crippen LogP contribution >= 0.6 is 0 Å². The lowest BCUT2D eigenvalue weighted by molar-refractivity contribution is 0.668. The summed E-state index contributed by atoms with van der Waals surface area (Å²) >= 11 is 0. The van der Waals surface area contributed by atoms with Gasteiger partial charge in [-0.25, -0.2) is 0 Å². The van der Waals surface area contributed by atoms with Gasteiger partial charge >= 0.3 is 0 Å². The summed E-state index contributed by atoms with van der Waals surface area (Å²) < 4.78 is 11.2. The van der Waals surface area contributed by atoms with Crippen molar-refractivity contribution in [2.24, 2.45) is 0 Å². The molecular weight excluding hydrogens is 548 g/mol. The number of rotatable bonds is 3. The minimum absolute atomic E-state index is 0.894. The smallest absolute Gasteiger partial charge is 0.137 e. The first-order valence-electron chi connectivity index (χ1n) is 15.4. The van der Waals surface area contributed by atoms with E-state index in [1.54, 1.807) is 0 Å². The SMILES string of the molecule is c1ccc(-n2c3ccccc3c3c(-c4cccc5c6ccccc6n(-c6ccc7c(c6)oc6ccccc67)c45)cccc32)cc1. The molecule has 0 amide bonds. The topological polar surface area (TPSA) is 23.0 Å². The Kier molecular flexibility index (Phi) is 5.00. The maximum absolute atomic E-state index is 6.36. The van der Waals surface area contributed by atoms with Crippen molar-refractivity contribution in [2.75, 3.05) is 0 Å². The van der Waals surface area contributed by atoms with Crippen LogP contribution in [0.4, 0.5) is 0 Å². The first kappa shape index (κ1) is 24.4. The van der Waals surface area contributed by atoms with E-state index in [-0.39, 0.29) is 0 Å². The van der Waals surface area contributed by atoms with E-state index in [1.165, 1.54) is 54.7 Å². The molecule has 0 bridgehead atoms. The van der Waals surface area contributed by atoms with E-state index < -0.39 is 0 Å². The van der Waals surface area contributed by atoms with Crippen LogP contribution in [0.25, 0.3) is 88.1 Å². The summed E-state index contributed by atoms with van der Waals surface area (Å²) in [6.45, 7) is 0. The van der Waals surface area contributed by atoms with Crippen molar-refractivity contribution in [2.45, 2.75) is 0 Å². The molecule has 7 aromatic carbocycles. The first-order chi connectivity index (χ1) is 22.3. The van der Waals surface area contributed by atoms with Crippen LogP contribution in [0.3, 0.4) is 0 Å². The van der Waals surface area contributed by atoms with Crippen molar-refractivity contribution in [3.8, 4) is 22.5 Å². The molecule has 45 heavy (non-hydrogen) atoms. The van der Waals surface area contributed by atoms with Gasteiger partial charge in [-0.3, -0.25) is 0 Å². The van der Waals surface area contributed by atoms with E-state index in [0.717, 1.165) is 33.3 Å². The maximum atomic E-state index is 6.36. The summed E-state index contributed by atoms with van der Waals surface area (Å²) in [6, 6.07) is 56.5. The molecule has 0 unspecified atom stereocenters. The Hall–Kier alpha value is -6.06. The number of hydrogen-bond donors (Lipinski definition) is 0. The molecular formula is C42H26N2O. The summed E-state index contributed by atoms with van der Waals surface area (Å²) in [6.07, 6.45) is 0. The van der Waals surface area contributed by atoms with Crippen molar-refractivity contribution < 1.29 is 4.42 Å². The molecule has 0 atom stereocenters. The van der Waals surface area contributed by atoms with Crippen LogP contribution in [-0.4, -0.2) is 9.13 Å². The average molecular weight is 575 g/mol. The zero-order valence-corrected chi connectivity index (χ0v) is 24.3. The van der Waals surface area contributed by atoms with E-state index >= 15 is 0 Å². The zero-order valence-electron chi connectivity index (χ0n) is 24.3. The number of aromatic nitrogens is 2. The molecule has 3 heterocycles. The quantitative estimate of drug-likeness (QED) is 0.206. The maximum Gasteiger partial charge on any atom is 0.137 e. The van der Waals surface area contributed by atoms with E-state index in [0.29, 0.717) is 0 Å². The zero-order chi connectivity index (χ0) is 29.5. The van der Waals surface area contributed by atoms with Crippen LogP contribution in [0.1, 0.15) is 0 Å². The third-order valence-corrected chi connectivity index (χ3v) is 9.32. The summed E-state index contributed by atoms with van der Waals surface area (Å²) in [4.78, 5) is 0. The summed E-state index contributed by atoms with van der Waals surface area (Å²) in [5, 5.41) is 7.25. The normalized spacial score (nSPS) is 12.0. The van der Waals surface area contributed by atoms with E-state index in [4.69, 9.17) is 4.42 Å². The predicted octanol–water partition coefficient (Wildman–Crippen LogP) is 11.4. The third kappa shape index (κ3) is 3.41. The van der Waals surface area contributed by atoms with Crippen molar-refractivity contribution in [1.82, 2.24) is 9.13 Å². The molecule has 0 spiro atoms. The molecule has 3 aromatic heterocycles. The Labute approximate surface area is 258 Å². The summed E-state index contributed by atoms with van der Waals surface area (Å²) in [5.41, 5.74) is 11.2. The van der Waals surface area contributed by atoms with Crippen molar-refractivity contribution in [1.29, 1.82) is 0 Å². The molecule has 0 saturated heterocycles. The summed E-state index contributed by atoms with van der Waals surface area (Å²) in [5.74, 6) is 0. The second kappa shape index (κ2) is 9.22. The van der Waals surface area contributed by atoms with Crippen LogP contribution in [0.15, 0.2) is 162 Å². The van der Waals surface area contributed by atoms with Gasteiger partial charge in [-0.2, -0.15) is 0 Å². The fraction of sp³-hybridized carbons (Fsp3) is 0. The van der Waals surface area contributed by atoms with Gasteiger partial charge < -0.3 is 13.6 Å². The van der Waals surface area contributed by atoms with Crippen molar-refractivity contribution in [3.63, 3.8) is 0 Å². The lowest BCUT2D eigenvalue weighted by Gasteiger charge is -2.13. The van der Waals surface area contributed by atoms with E-state index in [1.807, 2.05) is 12.1 Å². The number of furan rings is 1. The highest BCUT2D eigenvalue weighted by Gasteiger charge is 2.21. The predicted molar refractivity (Wildman–Crippen MR) is 188 cm³/mol. The first-order valence-corrected chi connectivity index (χ1v) is 15.4. The van der Waals surface area contributed by atoms with Gasteiger partial charge in [0.1, 0.15) is 11.2 Å². The van der Waals surface area contributed by atoms with Gasteiger partial charge in [-0.1, -0.05) is 103 Å². The Bertz CT molecular complexity index is 2760. The average Bonchev–Trinajstić information content (AvgIpc) is 3.76. The highest BCUT2D eigenvalue weighted by atomic mass is 16.3. The highest BCUT2D eigenvalue weighted by Crippen LogP contribution is 2.44. The van der Waals surface area contributed by atoms with Gasteiger partial charge in [-0.05, 0) is 54.1 Å². The van der Waals surface area contributed by atoms with E-state index in [9.17, 15) is 0 Å². The molecule has 0 radical (unpaired) electrons.